The summed E-state index contributed by atoms with van der Waals surface area (Å²) in [6.45, 7) is 6.55. The Balaban J connectivity index is 0.00000243. The minimum atomic E-state index is -0.226. The van der Waals surface area contributed by atoms with Crippen molar-refractivity contribution in [1.29, 1.82) is 0 Å². The van der Waals surface area contributed by atoms with Crippen molar-refractivity contribution in [1.82, 2.24) is 25.7 Å². The molecule has 1 unspecified atom stereocenters. The summed E-state index contributed by atoms with van der Waals surface area (Å²) in [5.74, 6) is 1.16. The fourth-order valence-electron chi connectivity index (χ4n) is 2.71. The highest BCUT2D eigenvalue weighted by Crippen LogP contribution is 2.23. The van der Waals surface area contributed by atoms with Gasteiger partial charge in [0.1, 0.15) is 0 Å². The number of amides is 2. The number of likely N-dealkylation sites (N-methyl/N-ethyl adjacent to an activating group) is 1. The molecule has 1 aliphatic rings. The van der Waals surface area contributed by atoms with Crippen molar-refractivity contribution in [3.63, 3.8) is 0 Å². The molecule has 2 heterocycles. The Hall–Kier alpha value is -2.16. The number of halogens is 1. The largest absolute Gasteiger partial charge is 0.336 e. The molecule has 1 aliphatic heterocycles. The number of hydrogen-bond acceptors (Lipinski definition) is 6. The molecule has 8 nitrogen and oxygen atoms in total. The molecular weight excluding hydrogens is 356 g/mol. The number of aromatic nitrogens is 2. The molecule has 2 aromatic rings. The second-order valence-electron chi connectivity index (χ2n) is 6.49. The number of carbonyl (C=O) groups is 1. The summed E-state index contributed by atoms with van der Waals surface area (Å²) >= 11 is 0. The number of carbonyl (C=O) groups excluding carboxylic acids is 1. The first kappa shape index (κ1) is 20.2. The topological polar surface area (TPSA) is 95.3 Å². The summed E-state index contributed by atoms with van der Waals surface area (Å²) in [6.07, 6.45) is 0. The molecule has 1 fully saturated rings. The van der Waals surface area contributed by atoms with E-state index in [9.17, 15) is 4.79 Å². The van der Waals surface area contributed by atoms with Gasteiger partial charge in [0, 0.05) is 36.9 Å². The van der Waals surface area contributed by atoms with Gasteiger partial charge >= 0.3 is 6.03 Å². The first-order valence-electron chi connectivity index (χ1n) is 8.45. The zero-order chi connectivity index (χ0) is 17.8. The highest BCUT2D eigenvalue weighted by molar-refractivity contribution is 5.89. The lowest BCUT2D eigenvalue weighted by Crippen LogP contribution is -2.44. The van der Waals surface area contributed by atoms with E-state index in [1.54, 1.807) is 0 Å². The van der Waals surface area contributed by atoms with Crippen LogP contribution in [0, 0.1) is 0 Å². The molecule has 0 spiro atoms. The van der Waals surface area contributed by atoms with Crippen molar-refractivity contribution in [2.24, 2.45) is 0 Å². The van der Waals surface area contributed by atoms with Crippen LogP contribution in [0.2, 0.25) is 0 Å². The van der Waals surface area contributed by atoms with Gasteiger partial charge in [0.15, 0.2) is 5.82 Å². The Labute approximate surface area is 159 Å². The molecule has 1 aromatic carbocycles. The summed E-state index contributed by atoms with van der Waals surface area (Å²) in [7, 11) is 2.06. The molecule has 0 radical (unpaired) electrons. The zero-order valence-corrected chi connectivity index (χ0v) is 16.0. The Morgan fingerprint density at radius 2 is 2.08 bits per heavy atom. The molecule has 0 bridgehead atoms. The van der Waals surface area contributed by atoms with Gasteiger partial charge in [-0.2, -0.15) is 4.98 Å². The number of benzene rings is 1. The molecule has 3 rings (SSSR count). The van der Waals surface area contributed by atoms with Crippen LogP contribution in [-0.2, 0) is 0 Å². The third-order valence-corrected chi connectivity index (χ3v) is 4.06. The van der Waals surface area contributed by atoms with E-state index in [-0.39, 0.29) is 30.5 Å². The first-order chi connectivity index (χ1) is 12.0. The molecule has 1 atom stereocenters. The average molecular weight is 381 g/mol. The maximum atomic E-state index is 11.7. The number of hydrogen-bond donors (Lipinski definition) is 3. The highest BCUT2D eigenvalue weighted by atomic mass is 35.5. The SMILES string of the molecule is CC(C)NC(=O)Nc1ccc(-c2nc(C3CNCCN3C)no2)cc1.Cl. The van der Waals surface area contributed by atoms with Gasteiger partial charge in [-0.3, -0.25) is 4.90 Å². The van der Waals surface area contributed by atoms with Crippen molar-refractivity contribution in [3.8, 4) is 11.5 Å². The summed E-state index contributed by atoms with van der Waals surface area (Å²) < 4.78 is 5.41. The van der Waals surface area contributed by atoms with Gasteiger partial charge in [0.05, 0.1) is 6.04 Å². The number of nitrogens with zero attached hydrogens (tertiary/aromatic N) is 3. The number of rotatable bonds is 4. The van der Waals surface area contributed by atoms with Gasteiger partial charge < -0.3 is 20.5 Å². The summed E-state index contributed by atoms with van der Waals surface area (Å²) in [4.78, 5) is 18.5. The lowest BCUT2D eigenvalue weighted by atomic mass is 10.2. The van der Waals surface area contributed by atoms with Gasteiger partial charge in [-0.15, -0.1) is 12.4 Å². The van der Waals surface area contributed by atoms with E-state index in [2.05, 4.69) is 38.0 Å². The third-order valence-electron chi connectivity index (χ3n) is 4.06. The maximum absolute atomic E-state index is 11.7. The second-order valence-corrected chi connectivity index (χ2v) is 6.49. The smallest absolute Gasteiger partial charge is 0.319 e. The molecule has 3 N–H and O–H groups in total. The molecular formula is C17H25ClN6O2. The van der Waals surface area contributed by atoms with Crippen molar-refractivity contribution in [2.45, 2.75) is 25.9 Å². The van der Waals surface area contributed by atoms with Crippen molar-refractivity contribution < 1.29 is 9.32 Å². The van der Waals surface area contributed by atoms with Crippen LogP contribution in [0.4, 0.5) is 10.5 Å². The summed E-state index contributed by atoms with van der Waals surface area (Å²) in [5.41, 5.74) is 1.53. The van der Waals surface area contributed by atoms with E-state index in [0.717, 1.165) is 25.2 Å². The quantitative estimate of drug-likeness (QED) is 0.753. The van der Waals surface area contributed by atoms with Crippen LogP contribution in [-0.4, -0.2) is 53.8 Å². The number of nitrogens with one attached hydrogen (secondary N) is 3. The monoisotopic (exact) mass is 380 g/mol. The van der Waals surface area contributed by atoms with Crippen LogP contribution in [0.15, 0.2) is 28.8 Å². The standard InChI is InChI=1S/C17H24N6O2.ClH/c1-11(2)19-17(24)20-13-6-4-12(5-7-13)16-21-15(22-25-16)14-10-18-8-9-23(14)3;/h4-7,11,14,18H,8-10H2,1-3H3,(H2,19,20,24);1H. The fraction of sp³-hybridized carbons (Fsp3) is 0.471. The molecule has 9 heteroatoms. The zero-order valence-electron chi connectivity index (χ0n) is 15.2. The number of anilines is 1. The molecule has 26 heavy (non-hydrogen) atoms. The van der Waals surface area contributed by atoms with E-state index in [1.807, 2.05) is 38.1 Å². The molecule has 142 valence electrons. The first-order valence-corrected chi connectivity index (χ1v) is 8.45. The van der Waals surface area contributed by atoms with E-state index in [1.165, 1.54) is 0 Å². The Morgan fingerprint density at radius 3 is 2.73 bits per heavy atom. The number of urea groups is 1. The van der Waals surface area contributed by atoms with Gasteiger partial charge in [-0.1, -0.05) is 5.16 Å². The van der Waals surface area contributed by atoms with E-state index >= 15 is 0 Å². The van der Waals surface area contributed by atoms with Gasteiger partial charge in [0.25, 0.3) is 5.89 Å². The molecule has 2 amide bonds. The molecule has 0 saturated carbocycles. The minimum Gasteiger partial charge on any atom is -0.336 e. The molecule has 1 aromatic heterocycles. The summed E-state index contributed by atoms with van der Waals surface area (Å²) in [5, 5.41) is 13.0. The molecule has 0 aliphatic carbocycles. The van der Waals surface area contributed by atoms with Gasteiger partial charge in [0.2, 0.25) is 0 Å². The fourth-order valence-corrected chi connectivity index (χ4v) is 2.71. The van der Waals surface area contributed by atoms with Gasteiger partial charge in [-0.25, -0.2) is 4.79 Å². The van der Waals surface area contributed by atoms with Gasteiger partial charge in [-0.05, 0) is 45.2 Å². The lowest BCUT2D eigenvalue weighted by molar-refractivity contribution is 0.190. The summed E-state index contributed by atoms with van der Waals surface area (Å²) in [6, 6.07) is 7.31. The van der Waals surface area contributed by atoms with E-state index in [0.29, 0.717) is 17.4 Å². The second kappa shape index (κ2) is 8.98. The Kier molecular flexibility index (Phi) is 6.96. The van der Waals surface area contributed by atoms with Crippen LogP contribution < -0.4 is 16.0 Å². The highest BCUT2D eigenvalue weighted by Gasteiger charge is 2.25. The predicted octanol–water partition coefficient (Wildman–Crippen LogP) is 2.26. The van der Waals surface area contributed by atoms with Crippen LogP contribution in [0.1, 0.15) is 25.7 Å². The van der Waals surface area contributed by atoms with E-state index < -0.39 is 0 Å². The van der Waals surface area contributed by atoms with Crippen LogP contribution in [0.3, 0.4) is 0 Å². The average Bonchev–Trinajstić information content (AvgIpc) is 3.05. The third kappa shape index (κ3) is 4.94. The van der Waals surface area contributed by atoms with Crippen LogP contribution >= 0.6 is 12.4 Å². The molecule has 1 saturated heterocycles. The normalized spacial score (nSPS) is 17.6. The van der Waals surface area contributed by atoms with Crippen molar-refractivity contribution in [2.75, 3.05) is 32.0 Å². The van der Waals surface area contributed by atoms with E-state index in [4.69, 9.17) is 4.52 Å². The maximum Gasteiger partial charge on any atom is 0.319 e. The number of piperazine rings is 1. The van der Waals surface area contributed by atoms with Crippen LogP contribution in [0.25, 0.3) is 11.5 Å². The van der Waals surface area contributed by atoms with Crippen molar-refractivity contribution in [3.05, 3.63) is 30.1 Å². The lowest BCUT2D eigenvalue weighted by Gasteiger charge is -2.30. The Bertz CT molecular complexity index is 718. The van der Waals surface area contributed by atoms with Crippen molar-refractivity contribution >= 4 is 24.1 Å². The van der Waals surface area contributed by atoms with Crippen LogP contribution in [0.5, 0.6) is 0 Å². The minimum absolute atomic E-state index is 0. The predicted molar refractivity (Wildman–Crippen MR) is 103 cm³/mol. The Morgan fingerprint density at radius 1 is 1.35 bits per heavy atom.